The van der Waals surface area contributed by atoms with Crippen molar-refractivity contribution >= 4 is 0 Å². The Morgan fingerprint density at radius 1 is 1.32 bits per heavy atom. The summed E-state index contributed by atoms with van der Waals surface area (Å²) in [6.07, 6.45) is -0.643. The molecule has 2 N–H and O–H groups in total. The Balaban J connectivity index is 1.87. The lowest BCUT2D eigenvalue weighted by molar-refractivity contribution is -0.769. The van der Waals surface area contributed by atoms with Crippen molar-refractivity contribution in [2.24, 2.45) is 0 Å². The highest BCUT2D eigenvalue weighted by molar-refractivity contribution is 5.52. The predicted molar refractivity (Wildman–Crippen MR) is 104 cm³/mol. The van der Waals surface area contributed by atoms with E-state index in [1.54, 1.807) is 0 Å². The van der Waals surface area contributed by atoms with Gasteiger partial charge in [-0.25, -0.2) is 0 Å². The molecule has 2 aliphatic rings. The van der Waals surface area contributed by atoms with E-state index in [4.69, 9.17) is 9.57 Å². The summed E-state index contributed by atoms with van der Waals surface area (Å²) in [7, 11) is 0. The van der Waals surface area contributed by atoms with Crippen LogP contribution >= 0.6 is 0 Å². The highest BCUT2D eigenvalue weighted by Gasteiger charge is 2.50. The van der Waals surface area contributed by atoms with Crippen LogP contribution in [0.5, 0.6) is 5.75 Å². The second-order valence-electron chi connectivity index (χ2n) is 9.79. The summed E-state index contributed by atoms with van der Waals surface area (Å²) >= 11 is 0. The van der Waals surface area contributed by atoms with Gasteiger partial charge in [0.25, 0.3) is 5.09 Å². The minimum Gasteiger partial charge on any atom is -0.487 e. The highest BCUT2D eigenvalue weighted by atomic mass is 17.0. The second kappa shape index (κ2) is 6.57. The van der Waals surface area contributed by atoms with Crippen molar-refractivity contribution in [2.75, 3.05) is 6.54 Å². The molecule has 8 heteroatoms. The van der Waals surface area contributed by atoms with E-state index in [-0.39, 0.29) is 5.54 Å². The number of nitrogens with one attached hydrogen (secondary N) is 1. The van der Waals surface area contributed by atoms with Crippen molar-refractivity contribution < 1.29 is 19.9 Å². The molecule has 2 atom stereocenters. The van der Waals surface area contributed by atoms with Crippen molar-refractivity contribution in [3.63, 3.8) is 0 Å². The van der Waals surface area contributed by atoms with Gasteiger partial charge in [-0.1, -0.05) is 0 Å². The number of hydroxylamine groups is 2. The van der Waals surface area contributed by atoms with Crippen LogP contribution in [0.1, 0.15) is 65.2 Å². The molecule has 3 rings (SSSR count). The van der Waals surface area contributed by atoms with Gasteiger partial charge in [0.05, 0.1) is 11.1 Å². The van der Waals surface area contributed by atoms with Gasteiger partial charge in [0.1, 0.15) is 11.9 Å². The molecule has 2 heterocycles. The SMILES string of the molecule is CC(C)(C)NCC(O[N+](=O)[O-])C1Cc2cc3c(cc2O1)C(C)(C)N(O)C3(C)C. The first-order chi connectivity index (χ1) is 12.7. The minimum atomic E-state index is -0.753. The van der Waals surface area contributed by atoms with Crippen LogP contribution in [0.3, 0.4) is 0 Å². The first kappa shape index (κ1) is 20.8. The van der Waals surface area contributed by atoms with Crippen LogP contribution in [0.4, 0.5) is 0 Å². The smallest absolute Gasteiger partial charge is 0.294 e. The topological polar surface area (TPSA) is 97.1 Å². The van der Waals surface area contributed by atoms with E-state index in [2.05, 4.69) is 11.4 Å². The summed E-state index contributed by atoms with van der Waals surface area (Å²) in [6.45, 7) is 14.2. The van der Waals surface area contributed by atoms with Crippen molar-refractivity contribution in [1.29, 1.82) is 0 Å². The predicted octanol–water partition coefficient (Wildman–Crippen LogP) is 3.13. The number of hydrogen-bond acceptors (Lipinski definition) is 7. The molecule has 28 heavy (non-hydrogen) atoms. The van der Waals surface area contributed by atoms with Crippen molar-refractivity contribution in [3.8, 4) is 5.75 Å². The van der Waals surface area contributed by atoms with Gasteiger partial charge in [0.2, 0.25) is 0 Å². The molecule has 1 aromatic carbocycles. The largest absolute Gasteiger partial charge is 0.487 e. The average molecular weight is 393 g/mol. The van der Waals surface area contributed by atoms with Gasteiger partial charge in [0, 0.05) is 18.5 Å². The zero-order chi connectivity index (χ0) is 21.1. The number of fused-ring (bicyclic) bond motifs is 2. The molecule has 0 bridgehead atoms. The third kappa shape index (κ3) is 3.56. The molecule has 156 valence electrons. The molecule has 0 saturated carbocycles. The third-order valence-electron chi connectivity index (χ3n) is 5.75. The van der Waals surface area contributed by atoms with Gasteiger partial charge >= 0.3 is 0 Å². The van der Waals surface area contributed by atoms with Crippen molar-refractivity contribution in [2.45, 2.75) is 83.7 Å². The molecule has 0 fully saturated rings. The Bertz CT molecular complexity index is 740. The van der Waals surface area contributed by atoms with E-state index in [0.717, 1.165) is 16.7 Å². The Kier molecular flexibility index (Phi) is 4.89. The van der Waals surface area contributed by atoms with Crippen LogP contribution in [0.25, 0.3) is 0 Å². The number of rotatable bonds is 5. The fourth-order valence-electron chi connectivity index (χ4n) is 4.22. The maximum absolute atomic E-state index is 11.0. The zero-order valence-electron chi connectivity index (χ0n) is 17.7. The summed E-state index contributed by atoms with van der Waals surface area (Å²) in [6, 6.07) is 4.02. The van der Waals surface area contributed by atoms with Gasteiger partial charge in [-0.3, -0.25) is 0 Å². The van der Waals surface area contributed by atoms with E-state index in [0.29, 0.717) is 18.7 Å². The van der Waals surface area contributed by atoms with Crippen LogP contribution in [0.2, 0.25) is 0 Å². The Morgan fingerprint density at radius 3 is 2.43 bits per heavy atom. The summed E-state index contributed by atoms with van der Waals surface area (Å²) in [5.41, 5.74) is 1.75. The van der Waals surface area contributed by atoms with Gasteiger partial charge in [-0.15, -0.1) is 10.1 Å². The first-order valence-electron chi connectivity index (χ1n) is 9.63. The molecule has 0 spiro atoms. The van der Waals surface area contributed by atoms with E-state index < -0.39 is 28.4 Å². The number of hydrogen-bond donors (Lipinski definition) is 2. The highest BCUT2D eigenvalue weighted by Crippen LogP contribution is 2.51. The molecule has 0 aromatic heterocycles. The van der Waals surface area contributed by atoms with Gasteiger partial charge in [0.15, 0.2) is 6.10 Å². The number of nitrogens with zero attached hydrogens (tertiary/aromatic N) is 2. The molecule has 1 aromatic rings. The summed E-state index contributed by atoms with van der Waals surface area (Å²) in [5.74, 6) is 0.704. The van der Waals surface area contributed by atoms with E-state index in [1.807, 2.05) is 54.5 Å². The van der Waals surface area contributed by atoms with Crippen LogP contribution in [0, 0.1) is 10.1 Å². The van der Waals surface area contributed by atoms with E-state index >= 15 is 0 Å². The fraction of sp³-hybridized carbons (Fsp3) is 0.700. The lowest BCUT2D eigenvalue weighted by Crippen LogP contribution is -2.47. The molecule has 2 aliphatic heterocycles. The normalized spacial score (nSPS) is 23.6. The Morgan fingerprint density at radius 2 is 1.89 bits per heavy atom. The molecule has 0 saturated heterocycles. The molecule has 0 radical (unpaired) electrons. The maximum Gasteiger partial charge on any atom is 0.294 e. The van der Waals surface area contributed by atoms with Gasteiger partial charge in [-0.05, 0) is 77.3 Å². The third-order valence-corrected chi connectivity index (χ3v) is 5.75. The van der Waals surface area contributed by atoms with Crippen LogP contribution in [0.15, 0.2) is 12.1 Å². The van der Waals surface area contributed by atoms with Crippen molar-refractivity contribution in [3.05, 3.63) is 38.9 Å². The lowest BCUT2D eigenvalue weighted by Gasteiger charge is -2.34. The lowest BCUT2D eigenvalue weighted by atomic mass is 9.88. The Hall–Kier alpha value is -1.90. The zero-order valence-corrected chi connectivity index (χ0v) is 17.7. The fourth-order valence-corrected chi connectivity index (χ4v) is 4.22. The maximum atomic E-state index is 11.0. The van der Waals surface area contributed by atoms with Crippen LogP contribution < -0.4 is 10.1 Å². The molecular weight excluding hydrogens is 362 g/mol. The summed E-state index contributed by atoms with van der Waals surface area (Å²) in [4.78, 5) is 15.9. The van der Waals surface area contributed by atoms with Crippen LogP contribution in [-0.2, 0) is 22.3 Å². The monoisotopic (exact) mass is 393 g/mol. The minimum absolute atomic E-state index is 0.191. The molecule has 0 aliphatic carbocycles. The van der Waals surface area contributed by atoms with E-state index in [9.17, 15) is 15.3 Å². The average Bonchev–Trinajstić information content (AvgIpc) is 3.02. The van der Waals surface area contributed by atoms with Crippen molar-refractivity contribution in [1.82, 2.24) is 10.4 Å². The molecule has 0 amide bonds. The van der Waals surface area contributed by atoms with Gasteiger partial charge < -0.3 is 20.1 Å². The summed E-state index contributed by atoms with van der Waals surface area (Å²) in [5, 5.41) is 25.5. The molecular formula is C20H31N3O5. The Labute approximate surface area is 165 Å². The van der Waals surface area contributed by atoms with E-state index in [1.165, 1.54) is 5.06 Å². The molecule has 8 nitrogen and oxygen atoms in total. The number of benzene rings is 1. The first-order valence-corrected chi connectivity index (χ1v) is 9.63. The number of ether oxygens (including phenoxy) is 1. The molecule has 2 unspecified atom stereocenters. The van der Waals surface area contributed by atoms with Gasteiger partial charge in [-0.2, -0.15) is 5.06 Å². The quantitative estimate of drug-likeness (QED) is 0.586. The van der Waals surface area contributed by atoms with Crippen LogP contribution in [-0.4, -0.2) is 39.6 Å². The standard InChI is InChI=1S/C20H31N3O5/c1-18(2,3)21-11-17(28-23(25)26)16-9-12-8-13-14(10-15(12)27-16)20(6,7)22(24)19(13,4)5/h8,10,16-17,21,24H,9,11H2,1-7H3. The summed E-state index contributed by atoms with van der Waals surface area (Å²) < 4.78 is 6.09. The second-order valence-corrected chi connectivity index (χ2v) is 9.79.